The molecule has 0 spiro atoms. The maximum Gasteiger partial charge on any atom is 0.416 e. The fourth-order valence-corrected chi connectivity index (χ4v) is 4.66. The van der Waals surface area contributed by atoms with Crippen molar-refractivity contribution >= 4 is 21.6 Å². The molecule has 2 aromatic carbocycles. The van der Waals surface area contributed by atoms with E-state index in [1.165, 1.54) is 35.2 Å². The lowest BCUT2D eigenvalue weighted by molar-refractivity contribution is -0.137. The Hall–Kier alpha value is -2.39. The van der Waals surface area contributed by atoms with E-state index in [1.54, 1.807) is 6.92 Å². The summed E-state index contributed by atoms with van der Waals surface area (Å²) in [6.07, 6.45) is -2.79. The molecule has 1 amide bonds. The number of hydrogen-bond donors (Lipinski definition) is 1. The third-order valence-electron chi connectivity index (χ3n) is 5.15. The minimum Gasteiger partial charge on any atom is -0.308 e. The molecule has 0 fully saturated rings. The predicted molar refractivity (Wildman–Crippen MR) is 108 cm³/mol. The minimum absolute atomic E-state index is 0.0493. The molecule has 9 heteroatoms. The average molecular weight is 440 g/mol. The average Bonchev–Trinajstić information content (AvgIpc) is 2.71. The highest BCUT2D eigenvalue weighted by atomic mass is 32.2. The van der Waals surface area contributed by atoms with Crippen LogP contribution in [0.15, 0.2) is 47.4 Å². The molecule has 0 aliphatic carbocycles. The molecule has 0 aromatic heterocycles. The Kier molecular flexibility index (Phi) is 6.24. The van der Waals surface area contributed by atoms with Gasteiger partial charge in [0.1, 0.15) is 0 Å². The second kappa shape index (κ2) is 8.39. The number of nitrogens with zero attached hydrogens (tertiary/aromatic N) is 1. The van der Waals surface area contributed by atoms with Crippen molar-refractivity contribution in [1.82, 2.24) is 4.72 Å². The summed E-state index contributed by atoms with van der Waals surface area (Å²) in [7, 11) is -3.69. The van der Waals surface area contributed by atoms with Gasteiger partial charge >= 0.3 is 6.18 Å². The highest BCUT2D eigenvalue weighted by Crippen LogP contribution is 2.35. The molecule has 0 radical (unpaired) electrons. The molecule has 30 heavy (non-hydrogen) atoms. The Morgan fingerprint density at radius 1 is 1.17 bits per heavy atom. The van der Waals surface area contributed by atoms with E-state index in [1.807, 2.05) is 6.92 Å². The molecule has 1 aliphatic rings. The Labute approximate surface area is 173 Å². The molecule has 0 saturated carbocycles. The van der Waals surface area contributed by atoms with Crippen LogP contribution in [-0.4, -0.2) is 26.9 Å². The van der Waals surface area contributed by atoms with Crippen molar-refractivity contribution in [2.45, 2.75) is 50.2 Å². The summed E-state index contributed by atoms with van der Waals surface area (Å²) in [5.74, 6) is -0.380. The van der Waals surface area contributed by atoms with Crippen LogP contribution in [0, 0.1) is 0 Å². The lowest BCUT2D eigenvalue weighted by Gasteiger charge is -2.30. The van der Waals surface area contributed by atoms with Gasteiger partial charge in [-0.15, -0.1) is 0 Å². The van der Waals surface area contributed by atoms with Gasteiger partial charge in [-0.05, 0) is 74.2 Å². The summed E-state index contributed by atoms with van der Waals surface area (Å²) in [5, 5.41) is 0. The fraction of sp³-hybridized carbons (Fsp3) is 0.381. The van der Waals surface area contributed by atoms with E-state index in [9.17, 15) is 26.4 Å². The van der Waals surface area contributed by atoms with E-state index in [0.717, 1.165) is 12.1 Å². The van der Waals surface area contributed by atoms with Gasteiger partial charge in [0.05, 0.1) is 10.5 Å². The fourth-order valence-electron chi connectivity index (χ4n) is 3.33. The highest BCUT2D eigenvalue weighted by Gasteiger charge is 2.33. The number of carbonyl (C=O) groups is 1. The number of sulfonamides is 1. The van der Waals surface area contributed by atoms with Crippen LogP contribution >= 0.6 is 0 Å². The van der Waals surface area contributed by atoms with Crippen LogP contribution in [0.1, 0.15) is 48.2 Å². The molecule has 1 aliphatic heterocycles. The molecule has 162 valence electrons. The molecule has 1 unspecified atom stereocenters. The number of aryl methyl sites for hydroxylation is 1. The summed E-state index contributed by atoms with van der Waals surface area (Å²) in [6.45, 7) is 4.00. The van der Waals surface area contributed by atoms with Crippen LogP contribution in [-0.2, 0) is 22.6 Å². The quantitative estimate of drug-likeness (QED) is 0.751. The van der Waals surface area contributed by atoms with Gasteiger partial charge in [0.2, 0.25) is 10.0 Å². The molecule has 0 saturated heterocycles. The third kappa shape index (κ3) is 4.67. The summed E-state index contributed by atoms with van der Waals surface area (Å²) in [6, 6.07) is 8.72. The van der Waals surface area contributed by atoms with Gasteiger partial charge in [0.15, 0.2) is 0 Å². The molecule has 3 rings (SSSR count). The summed E-state index contributed by atoms with van der Waals surface area (Å²) >= 11 is 0. The maximum absolute atomic E-state index is 13.0. The van der Waals surface area contributed by atoms with Crippen LogP contribution in [0.5, 0.6) is 0 Å². The van der Waals surface area contributed by atoms with Crippen LogP contribution in [0.25, 0.3) is 0 Å². The molecule has 0 bridgehead atoms. The molecule has 2 aromatic rings. The second-order valence-electron chi connectivity index (χ2n) is 7.36. The van der Waals surface area contributed by atoms with Crippen molar-refractivity contribution in [2.24, 2.45) is 0 Å². The molecule has 5 nitrogen and oxygen atoms in total. The Bertz CT molecular complexity index is 1030. The first-order valence-electron chi connectivity index (χ1n) is 9.67. The van der Waals surface area contributed by atoms with Gasteiger partial charge in [0, 0.05) is 23.8 Å². The number of carbonyl (C=O) groups excluding carboxylic acids is 1. The summed E-state index contributed by atoms with van der Waals surface area (Å²) < 4.78 is 66.2. The van der Waals surface area contributed by atoms with Crippen LogP contribution in [0.4, 0.5) is 18.9 Å². The smallest absolute Gasteiger partial charge is 0.308 e. The van der Waals surface area contributed by atoms with Gasteiger partial charge in [-0.2, -0.15) is 13.2 Å². The maximum atomic E-state index is 13.0. The first kappa shape index (κ1) is 22.3. The molecular weight excluding hydrogens is 417 g/mol. The number of nitrogens with one attached hydrogen (secondary N) is 1. The van der Waals surface area contributed by atoms with E-state index in [-0.39, 0.29) is 22.4 Å². The van der Waals surface area contributed by atoms with Crippen molar-refractivity contribution in [2.75, 3.05) is 11.4 Å². The number of halogens is 3. The van der Waals surface area contributed by atoms with E-state index in [2.05, 4.69) is 4.72 Å². The Morgan fingerprint density at radius 3 is 2.43 bits per heavy atom. The van der Waals surface area contributed by atoms with Crippen molar-refractivity contribution in [3.05, 3.63) is 59.2 Å². The molecule has 1 atom stereocenters. The second-order valence-corrected chi connectivity index (χ2v) is 9.07. The van der Waals surface area contributed by atoms with E-state index < -0.39 is 21.8 Å². The van der Waals surface area contributed by atoms with Gasteiger partial charge in [0.25, 0.3) is 5.91 Å². The summed E-state index contributed by atoms with van der Waals surface area (Å²) in [5.41, 5.74) is 0.458. The number of alkyl halides is 3. The lowest BCUT2D eigenvalue weighted by atomic mass is 9.98. The van der Waals surface area contributed by atoms with E-state index in [0.29, 0.717) is 37.1 Å². The number of hydrogen-bond acceptors (Lipinski definition) is 3. The number of amides is 1. The molecule has 1 N–H and O–H groups in total. The first-order valence-corrected chi connectivity index (χ1v) is 11.2. The molecular formula is C21H23F3N2O3S. The highest BCUT2D eigenvalue weighted by molar-refractivity contribution is 7.89. The minimum atomic E-state index is -4.44. The van der Waals surface area contributed by atoms with Crippen molar-refractivity contribution in [3.63, 3.8) is 0 Å². The van der Waals surface area contributed by atoms with Gasteiger partial charge < -0.3 is 4.90 Å². The zero-order chi connectivity index (χ0) is 22.1. The number of fused-ring (bicyclic) bond motifs is 1. The lowest BCUT2D eigenvalue weighted by Crippen LogP contribution is -2.35. The molecule has 1 heterocycles. The number of benzene rings is 2. The van der Waals surface area contributed by atoms with Crippen molar-refractivity contribution in [1.29, 1.82) is 0 Å². The van der Waals surface area contributed by atoms with Crippen LogP contribution < -0.4 is 9.62 Å². The topological polar surface area (TPSA) is 66.5 Å². The normalized spacial score (nSPS) is 15.6. The Balaban J connectivity index is 1.85. The number of anilines is 1. The van der Waals surface area contributed by atoms with Crippen LogP contribution in [0.2, 0.25) is 0 Å². The monoisotopic (exact) mass is 440 g/mol. The first-order chi connectivity index (χ1) is 14.0. The van der Waals surface area contributed by atoms with E-state index in [4.69, 9.17) is 0 Å². The third-order valence-corrected chi connectivity index (χ3v) is 6.76. The van der Waals surface area contributed by atoms with Gasteiger partial charge in [-0.25, -0.2) is 13.1 Å². The van der Waals surface area contributed by atoms with Crippen molar-refractivity contribution in [3.8, 4) is 0 Å². The zero-order valence-electron chi connectivity index (χ0n) is 16.7. The largest absolute Gasteiger partial charge is 0.416 e. The Morgan fingerprint density at radius 2 is 1.83 bits per heavy atom. The summed E-state index contributed by atoms with van der Waals surface area (Å²) in [4.78, 5) is 14.5. The predicted octanol–water partition coefficient (Wildman–Crippen LogP) is 4.38. The van der Waals surface area contributed by atoms with Crippen molar-refractivity contribution < 1.29 is 26.4 Å². The SMILES string of the molecule is CCC(C)NS(=O)(=O)c1ccc(C(=O)N2CCCc3cc(C(F)(F)F)ccc32)cc1. The van der Waals surface area contributed by atoms with Crippen LogP contribution in [0.3, 0.4) is 0 Å². The number of rotatable bonds is 5. The standard InChI is InChI=1S/C21H23F3N2O3S/c1-3-14(2)25-30(28,29)18-9-6-15(7-10-18)20(27)26-12-4-5-16-13-17(21(22,23)24)8-11-19(16)26/h6-11,13-14,25H,3-5,12H2,1-2H3. The van der Waals surface area contributed by atoms with Gasteiger partial charge in [-0.3, -0.25) is 4.79 Å². The van der Waals surface area contributed by atoms with Gasteiger partial charge in [-0.1, -0.05) is 6.92 Å². The van der Waals surface area contributed by atoms with E-state index >= 15 is 0 Å². The zero-order valence-corrected chi connectivity index (χ0v) is 17.5.